The number of nitrogens with two attached hydrogens (primary N) is 1. The third-order valence-corrected chi connectivity index (χ3v) is 5.09. The topological polar surface area (TPSA) is 115 Å². The largest absolute Gasteiger partial charge is 0.490 e. The van der Waals surface area contributed by atoms with Crippen LogP contribution >= 0.6 is 0 Å². The van der Waals surface area contributed by atoms with Crippen LogP contribution in [0.3, 0.4) is 0 Å². The fourth-order valence-corrected chi connectivity index (χ4v) is 3.57. The summed E-state index contributed by atoms with van der Waals surface area (Å²) in [6.45, 7) is 1.58. The number of anilines is 1. The Morgan fingerprint density at radius 2 is 1.76 bits per heavy atom. The van der Waals surface area contributed by atoms with Gasteiger partial charge in [0.15, 0.2) is 11.9 Å². The van der Waals surface area contributed by atoms with Crippen LogP contribution in [-0.2, 0) is 9.53 Å². The van der Waals surface area contributed by atoms with Gasteiger partial charge in [0.05, 0.1) is 17.8 Å². The lowest BCUT2D eigenvalue weighted by Gasteiger charge is -2.19. The molecule has 1 aliphatic heterocycles. The molecule has 0 radical (unpaired) electrons. The molecule has 0 bridgehead atoms. The van der Waals surface area contributed by atoms with Gasteiger partial charge in [-0.05, 0) is 35.4 Å². The summed E-state index contributed by atoms with van der Waals surface area (Å²) < 4.78 is 16.5. The molecule has 4 rings (SSSR count). The van der Waals surface area contributed by atoms with Gasteiger partial charge in [-0.2, -0.15) is 0 Å². The number of amidine groups is 1. The summed E-state index contributed by atoms with van der Waals surface area (Å²) in [6, 6.07) is 22.5. The molecule has 0 aromatic heterocycles. The Balaban J connectivity index is 1.44. The van der Waals surface area contributed by atoms with Crippen molar-refractivity contribution in [3.05, 3.63) is 78.4 Å². The maximum Gasteiger partial charge on any atom is 0.415 e. The zero-order chi connectivity index (χ0) is 23.4. The number of hydrogen-bond donors (Lipinski definition) is 2. The second-order valence-electron chi connectivity index (χ2n) is 7.48. The molecule has 1 aliphatic rings. The van der Waals surface area contributed by atoms with Crippen molar-refractivity contribution in [2.75, 3.05) is 18.1 Å². The van der Waals surface area contributed by atoms with Gasteiger partial charge < -0.3 is 19.9 Å². The van der Waals surface area contributed by atoms with E-state index in [0.717, 1.165) is 11.1 Å². The molecule has 1 saturated heterocycles. The van der Waals surface area contributed by atoms with E-state index in [-0.39, 0.29) is 30.3 Å². The van der Waals surface area contributed by atoms with Crippen LogP contribution in [0.1, 0.15) is 12.5 Å². The van der Waals surface area contributed by atoms with Crippen molar-refractivity contribution >= 4 is 23.6 Å². The van der Waals surface area contributed by atoms with E-state index in [2.05, 4.69) is 0 Å². The average Bonchev–Trinajstić information content (AvgIpc) is 3.18. The number of cyclic esters (lactones) is 1. The summed E-state index contributed by atoms with van der Waals surface area (Å²) in [5.41, 5.74) is 8.32. The van der Waals surface area contributed by atoms with Crippen molar-refractivity contribution < 1.29 is 23.8 Å². The molecule has 8 heteroatoms. The van der Waals surface area contributed by atoms with E-state index in [0.29, 0.717) is 11.4 Å². The number of esters is 1. The molecule has 0 saturated carbocycles. The number of carbonyl (C=O) groups excluding carboxylic acids is 2. The zero-order valence-corrected chi connectivity index (χ0v) is 18.0. The SMILES string of the molecule is CC(=O)Oc1c(C(=N)N)cccc1N1CC(COc2ccc(-c3ccccc3)cc2)OC1=O. The average molecular weight is 445 g/mol. The molecule has 8 nitrogen and oxygen atoms in total. The van der Waals surface area contributed by atoms with Crippen LogP contribution in [0.25, 0.3) is 11.1 Å². The van der Waals surface area contributed by atoms with Gasteiger partial charge in [0.25, 0.3) is 0 Å². The quantitative estimate of drug-likeness (QED) is 0.246. The standard InChI is InChI=1S/C25H23N3O5/c1-16(29)32-23-21(24(26)27)8-5-9-22(23)28-14-20(33-25(28)30)15-31-19-12-10-18(11-13-19)17-6-3-2-4-7-17/h2-13,20H,14-15H2,1H3,(H3,26,27). The first-order valence-electron chi connectivity index (χ1n) is 10.3. The molecule has 168 valence electrons. The van der Waals surface area contributed by atoms with Crippen molar-refractivity contribution in [2.24, 2.45) is 5.73 Å². The van der Waals surface area contributed by atoms with E-state index in [1.807, 2.05) is 54.6 Å². The lowest BCUT2D eigenvalue weighted by Crippen LogP contribution is -2.28. The zero-order valence-electron chi connectivity index (χ0n) is 18.0. The third-order valence-electron chi connectivity index (χ3n) is 5.09. The number of benzene rings is 3. The van der Waals surface area contributed by atoms with Crippen LogP contribution in [0, 0.1) is 5.41 Å². The van der Waals surface area contributed by atoms with Crippen molar-refractivity contribution in [1.82, 2.24) is 0 Å². The Morgan fingerprint density at radius 1 is 1.06 bits per heavy atom. The number of nitrogens with zero attached hydrogens (tertiary/aromatic N) is 1. The minimum absolute atomic E-state index is 0.0486. The van der Waals surface area contributed by atoms with Crippen LogP contribution < -0.4 is 20.1 Å². The van der Waals surface area contributed by atoms with E-state index >= 15 is 0 Å². The van der Waals surface area contributed by atoms with E-state index < -0.39 is 18.2 Å². The summed E-state index contributed by atoms with van der Waals surface area (Å²) in [6.07, 6.45) is -1.13. The van der Waals surface area contributed by atoms with Crippen molar-refractivity contribution in [3.63, 3.8) is 0 Å². The molecule has 1 amide bonds. The second kappa shape index (κ2) is 9.44. The predicted octanol–water partition coefficient (Wildman–Crippen LogP) is 3.97. The summed E-state index contributed by atoms with van der Waals surface area (Å²) in [7, 11) is 0. The van der Waals surface area contributed by atoms with Gasteiger partial charge in [-0.1, -0.05) is 48.5 Å². The van der Waals surface area contributed by atoms with Crippen LogP contribution in [0.4, 0.5) is 10.5 Å². The number of para-hydroxylation sites is 1. The van der Waals surface area contributed by atoms with Crippen LogP contribution in [0.15, 0.2) is 72.8 Å². The summed E-state index contributed by atoms with van der Waals surface area (Å²) in [5, 5.41) is 7.74. The summed E-state index contributed by atoms with van der Waals surface area (Å²) in [4.78, 5) is 25.5. The first-order valence-corrected chi connectivity index (χ1v) is 10.3. The van der Waals surface area contributed by atoms with Crippen LogP contribution in [0.2, 0.25) is 0 Å². The Morgan fingerprint density at radius 3 is 2.42 bits per heavy atom. The Bertz CT molecular complexity index is 1180. The van der Waals surface area contributed by atoms with Gasteiger partial charge >= 0.3 is 12.1 Å². The van der Waals surface area contributed by atoms with E-state index in [9.17, 15) is 9.59 Å². The first kappa shape index (κ1) is 21.9. The monoisotopic (exact) mass is 445 g/mol. The molecule has 3 aromatic rings. The minimum Gasteiger partial charge on any atom is -0.490 e. The molecule has 1 heterocycles. The number of nitrogens with one attached hydrogen (secondary N) is 1. The maximum absolute atomic E-state index is 12.5. The van der Waals surface area contributed by atoms with Crippen molar-refractivity contribution in [2.45, 2.75) is 13.0 Å². The van der Waals surface area contributed by atoms with Crippen molar-refractivity contribution in [3.8, 4) is 22.6 Å². The third kappa shape index (κ3) is 4.95. The number of hydrogen-bond acceptors (Lipinski definition) is 6. The number of rotatable bonds is 7. The first-order chi connectivity index (χ1) is 15.9. The lowest BCUT2D eigenvalue weighted by molar-refractivity contribution is -0.131. The van der Waals surface area contributed by atoms with E-state index in [1.165, 1.54) is 11.8 Å². The van der Waals surface area contributed by atoms with Gasteiger partial charge in [-0.15, -0.1) is 0 Å². The van der Waals surface area contributed by atoms with Gasteiger partial charge in [0.1, 0.15) is 18.2 Å². The summed E-state index contributed by atoms with van der Waals surface area (Å²) in [5.74, 6) is -0.160. The number of amides is 1. The Hall–Kier alpha value is -4.33. The molecule has 3 N–H and O–H groups in total. The second-order valence-corrected chi connectivity index (χ2v) is 7.48. The molecule has 0 spiro atoms. The predicted molar refractivity (Wildman–Crippen MR) is 124 cm³/mol. The number of carbonyl (C=O) groups is 2. The fraction of sp³-hybridized carbons (Fsp3) is 0.160. The van der Waals surface area contributed by atoms with Gasteiger partial charge in [-0.3, -0.25) is 15.1 Å². The fourth-order valence-electron chi connectivity index (χ4n) is 3.57. The maximum atomic E-state index is 12.5. The number of ether oxygens (including phenoxy) is 3. The molecule has 1 unspecified atom stereocenters. The van der Waals surface area contributed by atoms with Crippen LogP contribution in [-0.4, -0.2) is 37.2 Å². The molecular formula is C25H23N3O5. The van der Waals surface area contributed by atoms with Crippen LogP contribution in [0.5, 0.6) is 11.5 Å². The number of nitrogen functional groups attached to an aromatic ring is 1. The highest BCUT2D eigenvalue weighted by Crippen LogP contribution is 2.35. The highest BCUT2D eigenvalue weighted by atomic mass is 16.6. The van der Waals surface area contributed by atoms with E-state index in [1.54, 1.807) is 18.2 Å². The molecule has 3 aromatic carbocycles. The van der Waals surface area contributed by atoms with Gasteiger partial charge in [-0.25, -0.2) is 4.79 Å². The Labute approximate surface area is 191 Å². The van der Waals surface area contributed by atoms with Crippen molar-refractivity contribution in [1.29, 1.82) is 5.41 Å². The molecule has 1 atom stereocenters. The highest BCUT2D eigenvalue weighted by Gasteiger charge is 2.35. The molecule has 1 fully saturated rings. The van der Waals surface area contributed by atoms with Gasteiger partial charge in [0.2, 0.25) is 0 Å². The molecule has 33 heavy (non-hydrogen) atoms. The van der Waals surface area contributed by atoms with E-state index in [4.69, 9.17) is 25.4 Å². The lowest BCUT2D eigenvalue weighted by atomic mass is 10.1. The van der Waals surface area contributed by atoms with Gasteiger partial charge in [0, 0.05) is 6.92 Å². The summed E-state index contributed by atoms with van der Waals surface area (Å²) >= 11 is 0. The minimum atomic E-state index is -0.600. The Kier molecular flexibility index (Phi) is 6.26. The highest BCUT2D eigenvalue weighted by molar-refractivity contribution is 6.02. The molecular weight excluding hydrogens is 422 g/mol. The smallest absolute Gasteiger partial charge is 0.415 e. The molecule has 0 aliphatic carbocycles. The normalized spacial score (nSPS) is 15.1.